The summed E-state index contributed by atoms with van der Waals surface area (Å²) in [5, 5.41) is 4.04. The van der Waals surface area contributed by atoms with Crippen molar-refractivity contribution in [3.05, 3.63) is 41.8 Å². The number of nitrogens with two attached hydrogens (primary N) is 1. The lowest BCUT2D eigenvalue weighted by Gasteiger charge is -2.09. The number of aryl methyl sites for hydroxylation is 1. The van der Waals surface area contributed by atoms with Crippen molar-refractivity contribution in [2.24, 2.45) is 0 Å². The van der Waals surface area contributed by atoms with Gasteiger partial charge in [-0.05, 0) is 30.7 Å². The predicted octanol–water partition coefficient (Wildman–Crippen LogP) is 2.43. The van der Waals surface area contributed by atoms with Crippen LogP contribution in [0.25, 0.3) is 16.8 Å². The molecule has 2 heterocycles. The van der Waals surface area contributed by atoms with Gasteiger partial charge >= 0.3 is 0 Å². The van der Waals surface area contributed by atoms with Crippen LogP contribution in [0, 0.1) is 12.7 Å². The second-order valence-electron chi connectivity index (χ2n) is 4.49. The highest BCUT2D eigenvalue weighted by molar-refractivity contribution is 5.70. The normalized spacial score (nSPS) is 10.9. The number of pyridine rings is 1. The highest BCUT2D eigenvalue weighted by Gasteiger charge is 2.12. The van der Waals surface area contributed by atoms with Gasteiger partial charge in [-0.15, -0.1) is 5.10 Å². The van der Waals surface area contributed by atoms with Crippen LogP contribution in [0.15, 0.2) is 30.5 Å². The largest absolute Gasteiger partial charge is 0.497 e. The summed E-state index contributed by atoms with van der Waals surface area (Å²) >= 11 is 0. The smallest absolute Gasteiger partial charge is 0.240 e. The molecule has 0 aliphatic rings. The van der Waals surface area contributed by atoms with Crippen LogP contribution in [-0.4, -0.2) is 21.7 Å². The van der Waals surface area contributed by atoms with Crippen LogP contribution in [0.1, 0.15) is 5.56 Å². The number of fused-ring (bicyclic) bond motifs is 1. The molecular weight excluding hydrogens is 259 g/mol. The standard InChI is InChI=1S/C14H13FN4O/c1-8-5-13-17-14(16)18-19(13)7-11(8)10-4-3-9(20-2)6-12(10)15/h3-7H,1-2H3,(H2,16,18). The van der Waals surface area contributed by atoms with Crippen molar-refractivity contribution in [3.63, 3.8) is 0 Å². The van der Waals surface area contributed by atoms with E-state index in [-0.39, 0.29) is 11.8 Å². The lowest BCUT2D eigenvalue weighted by molar-refractivity contribution is 0.411. The minimum atomic E-state index is -0.347. The molecule has 0 atom stereocenters. The Morgan fingerprint density at radius 2 is 2.05 bits per heavy atom. The molecule has 0 saturated heterocycles. The summed E-state index contributed by atoms with van der Waals surface area (Å²) in [7, 11) is 1.50. The first-order valence-corrected chi connectivity index (χ1v) is 6.05. The number of aromatic nitrogens is 3. The molecule has 0 aliphatic heterocycles. The van der Waals surface area contributed by atoms with Gasteiger partial charge in [-0.25, -0.2) is 8.91 Å². The number of nitrogen functional groups attached to an aromatic ring is 1. The first kappa shape index (κ1) is 12.4. The fourth-order valence-corrected chi connectivity index (χ4v) is 2.16. The Kier molecular flexibility index (Phi) is 2.78. The van der Waals surface area contributed by atoms with Crippen molar-refractivity contribution >= 4 is 11.6 Å². The van der Waals surface area contributed by atoms with E-state index in [4.69, 9.17) is 10.5 Å². The zero-order valence-corrected chi connectivity index (χ0v) is 11.1. The van der Waals surface area contributed by atoms with E-state index in [1.165, 1.54) is 13.2 Å². The maximum absolute atomic E-state index is 14.2. The van der Waals surface area contributed by atoms with Crippen LogP contribution in [0.5, 0.6) is 5.75 Å². The van der Waals surface area contributed by atoms with Crippen LogP contribution >= 0.6 is 0 Å². The van der Waals surface area contributed by atoms with Crippen molar-refractivity contribution in [1.82, 2.24) is 14.6 Å². The molecule has 0 unspecified atom stereocenters. The molecule has 3 rings (SSSR count). The summed E-state index contributed by atoms with van der Waals surface area (Å²) in [4.78, 5) is 4.07. The first-order chi connectivity index (χ1) is 9.58. The molecule has 102 valence electrons. The summed E-state index contributed by atoms with van der Waals surface area (Å²) in [6.45, 7) is 1.89. The average Bonchev–Trinajstić information content (AvgIpc) is 2.77. The molecule has 0 bridgehead atoms. The number of methoxy groups -OCH3 is 1. The van der Waals surface area contributed by atoms with Crippen molar-refractivity contribution in [1.29, 1.82) is 0 Å². The van der Waals surface area contributed by atoms with Gasteiger partial charge in [0.15, 0.2) is 5.65 Å². The minimum Gasteiger partial charge on any atom is -0.497 e. The van der Waals surface area contributed by atoms with Crippen molar-refractivity contribution < 1.29 is 9.13 Å². The van der Waals surface area contributed by atoms with Gasteiger partial charge in [0.2, 0.25) is 5.95 Å². The summed E-state index contributed by atoms with van der Waals surface area (Å²) < 4.78 is 20.7. The van der Waals surface area contributed by atoms with E-state index in [9.17, 15) is 4.39 Å². The molecule has 6 heteroatoms. The third-order valence-corrected chi connectivity index (χ3v) is 3.16. The monoisotopic (exact) mass is 272 g/mol. The Bertz CT molecular complexity index is 797. The van der Waals surface area contributed by atoms with Gasteiger partial charge < -0.3 is 10.5 Å². The number of benzene rings is 1. The van der Waals surface area contributed by atoms with Gasteiger partial charge in [-0.2, -0.15) is 4.98 Å². The number of ether oxygens (including phenoxy) is 1. The molecule has 0 amide bonds. The van der Waals surface area contributed by atoms with E-state index < -0.39 is 0 Å². The van der Waals surface area contributed by atoms with E-state index in [1.54, 1.807) is 22.8 Å². The molecule has 0 aliphatic carbocycles. The van der Waals surface area contributed by atoms with Gasteiger partial charge in [0, 0.05) is 23.4 Å². The Morgan fingerprint density at radius 3 is 2.75 bits per heavy atom. The molecule has 1 aromatic carbocycles. The van der Waals surface area contributed by atoms with Crippen LogP contribution < -0.4 is 10.5 Å². The van der Waals surface area contributed by atoms with E-state index >= 15 is 0 Å². The molecule has 0 saturated carbocycles. The molecule has 5 nitrogen and oxygen atoms in total. The summed E-state index contributed by atoms with van der Waals surface area (Å²) in [6, 6.07) is 6.58. The summed E-state index contributed by atoms with van der Waals surface area (Å²) in [5.41, 5.74) is 8.32. The number of rotatable bonds is 2. The second-order valence-corrected chi connectivity index (χ2v) is 4.49. The number of hydrogen-bond acceptors (Lipinski definition) is 4. The van der Waals surface area contributed by atoms with Crippen LogP contribution in [0.4, 0.5) is 10.3 Å². The van der Waals surface area contributed by atoms with E-state index in [2.05, 4.69) is 10.1 Å². The topological polar surface area (TPSA) is 65.4 Å². The quantitative estimate of drug-likeness (QED) is 0.778. The van der Waals surface area contributed by atoms with Gasteiger partial charge in [0.05, 0.1) is 7.11 Å². The van der Waals surface area contributed by atoms with E-state index in [0.717, 1.165) is 11.1 Å². The van der Waals surface area contributed by atoms with Gasteiger partial charge in [-0.1, -0.05) is 0 Å². The molecule has 20 heavy (non-hydrogen) atoms. The number of hydrogen-bond donors (Lipinski definition) is 1. The van der Waals surface area contributed by atoms with Crippen molar-refractivity contribution in [2.75, 3.05) is 12.8 Å². The zero-order chi connectivity index (χ0) is 14.3. The molecule has 0 spiro atoms. The van der Waals surface area contributed by atoms with Crippen molar-refractivity contribution in [2.45, 2.75) is 6.92 Å². The molecule has 0 radical (unpaired) electrons. The SMILES string of the molecule is COc1ccc(-c2cn3nc(N)nc3cc2C)c(F)c1. The number of nitrogens with zero attached hydrogens (tertiary/aromatic N) is 3. The highest BCUT2D eigenvalue weighted by atomic mass is 19.1. The highest BCUT2D eigenvalue weighted by Crippen LogP contribution is 2.29. The molecule has 3 aromatic rings. The lowest BCUT2D eigenvalue weighted by Crippen LogP contribution is -1.95. The van der Waals surface area contributed by atoms with Crippen LogP contribution in [-0.2, 0) is 0 Å². The second kappa shape index (κ2) is 4.48. The number of anilines is 1. The van der Waals surface area contributed by atoms with Crippen molar-refractivity contribution in [3.8, 4) is 16.9 Å². The molecular formula is C14H13FN4O. The zero-order valence-electron chi connectivity index (χ0n) is 11.1. The van der Waals surface area contributed by atoms with Crippen LogP contribution in [0.2, 0.25) is 0 Å². The molecule has 2 N–H and O–H groups in total. The lowest BCUT2D eigenvalue weighted by atomic mass is 10.0. The van der Waals surface area contributed by atoms with Gasteiger partial charge in [-0.3, -0.25) is 0 Å². The first-order valence-electron chi connectivity index (χ1n) is 6.05. The average molecular weight is 272 g/mol. The maximum Gasteiger partial charge on any atom is 0.240 e. The maximum atomic E-state index is 14.2. The Labute approximate surface area is 114 Å². The van der Waals surface area contributed by atoms with E-state index in [0.29, 0.717) is 17.0 Å². The fourth-order valence-electron chi connectivity index (χ4n) is 2.16. The number of halogens is 1. The summed E-state index contributed by atoms with van der Waals surface area (Å²) in [5.74, 6) is 0.326. The fraction of sp³-hybridized carbons (Fsp3) is 0.143. The van der Waals surface area contributed by atoms with E-state index in [1.807, 2.05) is 13.0 Å². The summed E-state index contributed by atoms with van der Waals surface area (Å²) in [6.07, 6.45) is 1.72. The minimum absolute atomic E-state index is 0.191. The molecule has 0 fully saturated rings. The van der Waals surface area contributed by atoms with Crippen LogP contribution in [0.3, 0.4) is 0 Å². The molecule has 2 aromatic heterocycles. The third kappa shape index (κ3) is 1.95. The predicted molar refractivity (Wildman–Crippen MR) is 74.1 cm³/mol. The Balaban J connectivity index is 2.20. The Hall–Kier alpha value is -2.63. The third-order valence-electron chi connectivity index (χ3n) is 3.16. The van der Waals surface area contributed by atoms with Gasteiger partial charge in [0.1, 0.15) is 11.6 Å². The van der Waals surface area contributed by atoms with Gasteiger partial charge in [0.25, 0.3) is 0 Å². The Morgan fingerprint density at radius 1 is 1.25 bits per heavy atom.